The van der Waals surface area contributed by atoms with Gasteiger partial charge in [-0.1, -0.05) is 37.1 Å². The molecule has 0 atom stereocenters. The number of aromatic amines is 1. The van der Waals surface area contributed by atoms with Crippen molar-refractivity contribution in [3.05, 3.63) is 55.8 Å². The van der Waals surface area contributed by atoms with Gasteiger partial charge in [0.2, 0.25) is 0 Å². The normalized spacial score (nSPS) is 10.6. The van der Waals surface area contributed by atoms with Crippen molar-refractivity contribution in [3.8, 4) is 11.4 Å². The van der Waals surface area contributed by atoms with Gasteiger partial charge in [0.05, 0.1) is 18.4 Å². The molecule has 1 aromatic carbocycles. The zero-order chi connectivity index (χ0) is 14.7. The summed E-state index contributed by atoms with van der Waals surface area (Å²) in [5.74, 6) is 0.449. The molecule has 0 aliphatic rings. The average Bonchev–Trinajstić information content (AvgIpc) is 2.44. The molecule has 106 valence electrons. The van der Waals surface area contributed by atoms with Crippen molar-refractivity contribution in [1.82, 2.24) is 9.55 Å². The van der Waals surface area contributed by atoms with Crippen molar-refractivity contribution in [2.24, 2.45) is 0 Å². The van der Waals surface area contributed by atoms with Crippen LogP contribution in [0.25, 0.3) is 5.69 Å². The van der Waals surface area contributed by atoms with Crippen LogP contribution in [0.4, 0.5) is 0 Å². The van der Waals surface area contributed by atoms with E-state index in [0.29, 0.717) is 23.4 Å². The van der Waals surface area contributed by atoms with Crippen molar-refractivity contribution in [1.29, 1.82) is 0 Å². The monoisotopic (exact) mass is 294 g/mol. The van der Waals surface area contributed by atoms with Crippen molar-refractivity contribution in [3.63, 3.8) is 0 Å². The smallest absolute Gasteiger partial charge is 0.334 e. The number of para-hydroxylation sites is 2. The zero-order valence-electron chi connectivity index (χ0n) is 11.3. The molecular weight excluding hydrogens is 280 g/mol. The number of aromatic nitrogens is 2. The number of rotatable bonds is 4. The Bertz CT molecular complexity index is 734. The second-order valence-corrected chi connectivity index (χ2v) is 4.66. The Morgan fingerprint density at radius 2 is 2.00 bits per heavy atom. The van der Waals surface area contributed by atoms with Gasteiger partial charge < -0.3 is 4.74 Å². The molecule has 0 unspecified atom stereocenters. The fourth-order valence-corrected chi connectivity index (χ4v) is 2.30. The summed E-state index contributed by atoms with van der Waals surface area (Å²) in [6.07, 6.45) is 1.26. The van der Waals surface area contributed by atoms with E-state index in [2.05, 4.69) is 4.98 Å². The van der Waals surface area contributed by atoms with Gasteiger partial charge in [-0.25, -0.2) is 9.36 Å². The van der Waals surface area contributed by atoms with Crippen LogP contribution >= 0.6 is 11.6 Å². The Morgan fingerprint density at radius 1 is 1.30 bits per heavy atom. The quantitative estimate of drug-likeness (QED) is 0.879. The lowest BCUT2D eigenvalue weighted by Gasteiger charge is -2.11. The van der Waals surface area contributed by atoms with Crippen LogP contribution in [0.5, 0.6) is 5.75 Å². The third kappa shape index (κ3) is 2.49. The number of methoxy groups -OCH3 is 1. The summed E-state index contributed by atoms with van der Waals surface area (Å²) < 4.78 is 6.25. The molecule has 0 amide bonds. The predicted molar refractivity (Wildman–Crippen MR) is 78.2 cm³/mol. The molecule has 5 nitrogen and oxygen atoms in total. The number of halogens is 1. The minimum atomic E-state index is -0.579. The fourth-order valence-electron chi connectivity index (χ4n) is 2.05. The molecule has 0 saturated heterocycles. The number of benzene rings is 1. The summed E-state index contributed by atoms with van der Waals surface area (Å²) in [5, 5.41) is 0.105. The largest absolute Gasteiger partial charge is 0.495 e. The van der Waals surface area contributed by atoms with Crippen LogP contribution in [0.1, 0.15) is 18.9 Å². The van der Waals surface area contributed by atoms with Gasteiger partial charge in [-0.2, -0.15) is 0 Å². The molecule has 0 fully saturated rings. The Morgan fingerprint density at radius 3 is 2.65 bits per heavy atom. The molecule has 2 aromatic rings. The van der Waals surface area contributed by atoms with E-state index in [9.17, 15) is 9.59 Å². The Labute approximate surface area is 120 Å². The maximum Gasteiger partial charge on any atom is 0.334 e. The van der Waals surface area contributed by atoms with Gasteiger partial charge in [-0.15, -0.1) is 0 Å². The molecule has 2 rings (SSSR count). The first-order valence-corrected chi connectivity index (χ1v) is 6.65. The van der Waals surface area contributed by atoms with E-state index in [0.717, 1.165) is 11.0 Å². The fraction of sp³-hybridized carbons (Fsp3) is 0.286. The van der Waals surface area contributed by atoms with Gasteiger partial charge in [-0.05, 0) is 18.6 Å². The van der Waals surface area contributed by atoms with Gasteiger partial charge in [0.25, 0.3) is 5.56 Å². The van der Waals surface area contributed by atoms with Gasteiger partial charge in [-0.3, -0.25) is 9.78 Å². The maximum absolute atomic E-state index is 12.5. The Balaban J connectivity index is 2.78. The topological polar surface area (TPSA) is 64.1 Å². The summed E-state index contributed by atoms with van der Waals surface area (Å²) in [4.78, 5) is 27.0. The first-order chi connectivity index (χ1) is 9.60. The van der Waals surface area contributed by atoms with E-state index in [1.165, 1.54) is 7.11 Å². The number of hydrogen-bond donors (Lipinski definition) is 1. The third-order valence-electron chi connectivity index (χ3n) is 2.97. The molecule has 20 heavy (non-hydrogen) atoms. The van der Waals surface area contributed by atoms with E-state index in [4.69, 9.17) is 16.3 Å². The molecule has 0 aliphatic carbocycles. The second kappa shape index (κ2) is 5.96. The second-order valence-electron chi connectivity index (χ2n) is 4.29. The molecule has 0 spiro atoms. The summed E-state index contributed by atoms with van der Waals surface area (Å²) >= 11 is 5.95. The zero-order valence-corrected chi connectivity index (χ0v) is 12.0. The molecule has 1 N–H and O–H groups in total. The highest BCUT2D eigenvalue weighted by atomic mass is 35.5. The minimum Gasteiger partial charge on any atom is -0.495 e. The van der Waals surface area contributed by atoms with Gasteiger partial charge in [0.15, 0.2) is 0 Å². The molecule has 1 aromatic heterocycles. The number of nitrogens with zero attached hydrogens (tertiary/aromatic N) is 1. The third-order valence-corrected chi connectivity index (χ3v) is 3.29. The SMILES string of the molecule is CCCc1c(Cl)[nH]c(=O)n(-c2ccccc2OC)c1=O. The standard InChI is InChI=1S/C14H15ClN2O3/c1-3-6-9-12(15)16-14(19)17(13(9)18)10-7-4-5-8-11(10)20-2/h4-5,7-8H,3,6H2,1-2H3,(H,16,19). The van der Waals surface area contributed by atoms with E-state index in [1.807, 2.05) is 6.92 Å². The maximum atomic E-state index is 12.5. The minimum absolute atomic E-state index is 0.105. The summed E-state index contributed by atoms with van der Waals surface area (Å²) in [6.45, 7) is 1.94. The molecule has 1 heterocycles. The molecule has 6 heteroatoms. The Hall–Kier alpha value is -2.01. The number of ether oxygens (including phenoxy) is 1. The Kier molecular flexibility index (Phi) is 4.29. The number of H-pyrrole nitrogens is 1. The van der Waals surface area contributed by atoms with E-state index in [1.54, 1.807) is 24.3 Å². The molecular formula is C14H15ClN2O3. The highest BCUT2D eigenvalue weighted by Gasteiger charge is 2.15. The van der Waals surface area contributed by atoms with Gasteiger partial charge >= 0.3 is 5.69 Å². The van der Waals surface area contributed by atoms with Crippen LogP contribution in [0.3, 0.4) is 0 Å². The predicted octanol–water partition coefficient (Wildman–Crippen LogP) is 2.14. The van der Waals surface area contributed by atoms with Crippen LogP contribution in [-0.2, 0) is 6.42 Å². The first kappa shape index (κ1) is 14.4. The van der Waals surface area contributed by atoms with Gasteiger partial charge in [0, 0.05) is 0 Å². The lowest BCUT2D eigenvalue weighted by Crippen LogP contribution is -2.36. The van der Waals surface area contributed by atoms with Crippen molar-refractivity contribution in [2.75, 3.05) is 7.11 Å². The molecule has 0 radical (unpaired) electrons. The molecule has 0 aliphatic heterocycles. The summed E-state index contributed by atoms with van der Waals surface area (Å²) in [7, 11) is 1.49. The average molecular weight is 295 g/mol. The van der Waals surface area contributed by atoms with Crippen LogP contribution in [0, 0.1) is 0 Å². The van der Waals surface area contributed by atoms with E-state index >= 15 is 0 Å². The molecule has 0 bridgehead atoms. The van der Waals surface area contributed by atoms with Crippen molar-refractivity contribution in [2.45, 2.75) is 19.8 Å². The van der Waals surface area contributed by atoms with Crippen molar-refractivity contribution < 1.29 is 4.74 Å². The van der Waals surface area contributed by atoms with Crippen LogP contribution in [-0.4, -0.2) is 16.7 Å². The van der Waals surface area contributed by atoms with Gasteiger partial charge in [0.1, 0.15) is 10.9 Å². The van der Waals surface area contributed by atoms with Crippen LogP contribution in [0.15, 0.2) is 33.9 Å². The highest BCUT2D eigenvalue weighted by molar-refractivity contribution is 6.30. The lowest BCUT2D eigenvalue weighted by molar-refractivity contribution is 0.412. The van der Waals surface area contributed by atoms with Crippen LogP contribution < -0.4 is 16.0 Å². The van der Waals surface area contributed by atoms with E-state index in [-0.39, 0.29) is 5.15 Å². The van der Waals surface area contributed by atoms with Crippen LogP contribution in [0.2, 0.25) is 5.15 Å². The molecule has 0 saturated carbocycles. The number of nitrogens with one attached hydrogen (secondary N) is 1. The van der Waals surface area contributed by atoms with E-state index < -0.39 is 11.2 Å². The highest BCUT2D eigenvalue weighted by Crippen LogP contribution is 2.20. The number of hydrogen-bond acceptors (Lipinski definition) is 3. The summed E-state index contributed by atoms with van der Waals surface area (Å²) in [5.41, 5.74) is -0.190. The first-order valence-electron chi connectivity index (χ1n) is 6.27. The lowest BCUT2D eigenvalue weighted by atomic mass is 10.2. The summed E-state index contributed by atoms with van der Waals surface area (Å²) in [6, 6.07) is 6.84. The van der Waals surface area contributed by atoms with Crippen molar-refractivity contribution >= 4 is 11.6 Å².